The fourth-order valence-electron chi connectivity index (χ4n) is 2.76. The molecule has 1 aliphatic rings. The fourth-order valence-corrected chi connectivity index (χ4v) is 2.76. The number of benzene rings is 1. The number of imide groups is 1. The molecule has 1 fully saturated rings. The summed E-state index contributed by atoms with van der Waals surface area (Å²) in [6, 6.07) is 8.89. The van der Waals surface area contributed by atoms with E-state index in [9.17, 15) is 14.4 Å². The molecule has 126 valence electrons. The van der Waals surface area contributed by atoms with E-state index in [1.165, 1.54) is 17.1 Å². The predicted molar refractivity (Wildman–Crippen MR) is 88.2 cm³/mol. The lowest BCUT2D eigenvalue weighted by Crippen LogP contribution is -2.38. The third-order valence-corrected chi connectivity index (χ3v) is 4.02. The number of rotatable bonds is 3. The Morgan fingerprint density at radius 2 is 2.00 bits per heavy atom. The summed E-state index contributed by atoms with van der Waals surface area (Å²) in [5.41, 5.74) is 0.825. The van der Waals surface area contributed by atoms with Crippen LogP contribution in [0.25, 0.3) is 16.7 Å². The van der Waals surface area contributed by atoms with Crippen LogP contribution in [0, 0.1) is 0 Å². The van der Waals surface area contributed by atoms with Crippen molar-refractivity contribution in [1.29, 1.82) is 0 Å². The molecule has 0 bridgehead atoms. The number of urea groups is 1. The number of nitrogens with zero attached hydrogens (tertiary/aromatic N) is 5. The van der Waals surface area contributed by atoms with E-state index in [0.29, 0.717) is 24.1 Å². The van der Waals surface area contributed by atoms with E-state index in [0.717, 1.165) is 10.6 Å². The van der Waals surface area contributed by atoms with Crippen LogP contribution >= 0.6 is 0 Å². The number of nitrogens with one attached hydrogen (secondary N) is 1. The molecular formula is C16H14N6O3. The van der Waals surface area contributed by atoms with Crippen LogP contribution in [0.1, 0.15) is 0 Å². The molecule has 0 aliphatic carbocycles. The lowest BCUT2D eigenvalue weighted by Gasteiger charge is -2.12. The molecule has 1 N–H and O–H groups in total. The molecule has 25 heavy (non-hydrogen) atoms. The van der Waals surface area contributed by atoms with Gasteiger partial charge in [0.15, 0.2) is 5.65 Å². The van der Waals surface area contributed by atoms with Crippen LogP contribution in [0.4, 0.5) is 4.79 Å². The fraction of sp³-hybridized carbons (Fsp3) is 0.188. The number of carbonyl (C=O) groups excluding carboxylic acids is 2. The summed E-state index contributed by atoms with van der Waals surface area (Å²) in [5, 5.41) is 7.08. The largest absolute Gasteiger partial charge is 0.336 e. The number of hydrogen-bond acceptors (Lipinski definition) is 5. The van der Waals surface area contributed by atoms with Crippen molar-refractivity contribution in [2.24, 2.45) is 0 Å². The lowest BCUT2D eigenvalue weighted by molar-refractivity contribution is -0.128. The highest BCUT2D eigenvalue weighted by molar-refractivity contribution is 5.95. The summed E-state index contributed by atoms with van der Waals surface area (Å²) in [4.78, 5) is 41.7. The molecule has 3 aromatic rings. The van der Waals surface area contributed by atoms with E-state index in [1.807, 2.05) is 30.3 Å². The van der Waals surface area contributed by atoms with E-state index < -0.39 is 11.9 Å². The van der Waals surface area contributed by atoms with Crippen molar-refractivity contribution >= 4 is 23.0 Å². The number of amides is 3. The summed E-state index contributed by atoms with van der Waals surface area (Å²) >= 11 is 0. The number of hydrogen-bond donors (Lipinski definition) is 1. The Morgan fingerprint density at radius 1 is 1.20 bits per heavy atom. The topological polar surface area (TPSA) is 102 Å². The minimum atomic E-state index is -0.450. The highest BCUT2D eigenvalue weighted by Crippen LogP contribution is 2.13. The molecule has 0 atom stereocenters. The van der Waals surface area contributed by atoms with Crippen molar-refractivity contribution in [1.82, 2.24) is 29.5 Å². The second-order valence-corrected chi connectivity index (χ2v) is 5.58. The van der Waals surface area contributed by atoms with Gasteiger partial charge in [-0.15, -0.1) is 0 Å². The molecule has 3 amide bonds. The van der Waals surface area contributed by atoms with Crippen LogP contribution in [0.5, 0.6) is 0 Å². The second kappa shape index (κ2) is 5.86. The number of fused-ring (bicyclic) bond motifs is 1. The molecule has 0 saturated carbocycles. The van der Waals surface area contributed by atoms with Crippen LogP contribution in [-0.2, 0) is 11.3 Å². The van der Waals surface area contributed by atoms with Gasteiger partial charge >= 0.3 is 6.03 Å². The summed E-state index contributed by atoms with van der Waals surface area (Å²) in [5.74, 6) is -0.450. The third kappa shape index (κ3) is 2.55. The molecule has 0 spiro atoms. The zero-order chi connectivity index (χ0) is 17.4. The minimum absolute atomic E-state index is 0.244. The standard InChI is InChI=1S/C16H14N6O3/c23-13(21-7-6-17-16(21)25)9-20-10-18-14-12(15(20)24)8-19-22(14)11-4-2-1-3-5-11/h1-5,8,10H,6-7,9H2,(H,17,25). The van der Waals surface area contributed by atoms with Gasteiger partial charge in [0.2, 0.25) is 0 Å². The van der Waals surface area contributed by atoms with Crippen molar-refractivity contribution in [2.75, 3.05) is 13.1 Å². The van der Waals surface area contributed by atoms with Gasteiger partial charge in [0.1, 0.15) is 18.3 Å². The van der Waals surface area contributed by atoms with E-state index in [1.54, 1.807) is 4.68 Å². The van der Waals surface area contributed by atoms with Gasteiger partial charge in [-0.3, -0.25) is 19.1 Å². The van der Waals surface area contributed by atoms with E-state index in [-0.39, 0.29) is 12.1 Å². The van der Waals surface area contributed by atoms with Gasteiger partial charge in [-0.2, -0.15) is 5.10 Å². The Bertz CT molecular complexity index is 1020. The molecule has 9 nitrogen and oxygen atoms in total. The molecule has 1 aromatic carbocycles. The Labute approximate surface area is 141 Å². The molecule has 9 heteroatoms. The first-order valence-electron chi connectivity index (χ1n) is 7.72. The first-order valence-corrected chi connectivity index (χ1v) is 7.72. The predicted octanol–water partition coefficient (Wildman–Crippen LogP) is 0.134. The normalized spacial score (nSPS) is 14.1. The van der Waals surface area contributed by atoms with Crippen molar-refractivity contribution in [3.05, 3.63) is 53.2 Å². The monoisotopic (exact) mass is 338 g/mol. The van der Waals surface area contributed by atoms with Crippen LogP contribution in [0.3, 0.4) is 0 Å². The lowest BCUT2D eigenvalue weighted by atomic mass is 10.3. The van der Waals surface area contributed by atoms with Gasteiger partial charge in [-0.05, 0) is 12.1 Å². The first kappa shape index (κ1) is 15.1. The third-order valence-electron chi connectivity index (χ3n) is 4.02. The van der Waals surface area contributed by atoms with Crippen molar-refractivity contribution in [3.8, 4) is 5.69 Å². The SMILES string of the molecule is O=C(Cn1cnc2c(cnn2-c2ccccc2)c1=O)N1CCNC1=O. The molecule has 1 saturated heterocycles. The van der Waals surface area contributed by atoms with Gasteiger partial charge in [0, 0.05) is 13.1 Å². The molecular weight excluding hydrogens is 324 g/mol. The second-order valence-electron chi connectivity index (χ2n) is 5.58. The van der Waals surface area contributed by atoms with E-state index in [4.69, 9.17) is 0 Å². The van der Waals surface area contributed by atoms with Crippen LogP contribution < -0.4 is 10.9 Å². The Morgan fingerprint density at radius 3 is 2.72 bits per heavy atom. The Hall–Kier alpha value is -3.49. The van der Waals surface area contributed by atoms with Crippen molar-refractivity contribution in [3.63, 3.8) is 0 Å². The minimum Gasteiger partial charge on any atom is -0.336 e. The molecule has 0 radical (unpaired) electrons. The average Bonchev–Trinajstić information content (AvgIpc) is 3.24. The number of carbonyl (C=O) groups is 2. The quantitative estimate of drug-likeness (QED) is 0.731. The zero-order valence-corrected chi connectivity index (χ0v) is 13.1. The first-order chi connectivity index (χ1) is 12.1. The molecule has 1 aliphatic heterocycles. The van der Waals surface area contributed by atoms with Crippen molar-refractivity contribution in [2.45, 2.75) is 6.54 Å². The summed E-state index contributed by atoms with van der Waals surface area (Å²) in [7, 11) is 0. The molecule has 4 rings (SSSR count). The van der Waals surface area contributed by atoms with Gasteiger partial charge in [-0.25, -0.2) is 14.5 Å². The van der Waals surface area contributed by atoms with E-state index in [2.05, 4.69) is 15.4 Å². The summed E-state index contributed by atoms with van der Waals surface area (Å²) in [6.45, 7) is 0.473. The summed E-state index contributed by atoms with van der Waals surface area (Å²) < 4.78 is 2.75. The van der Waals surface area contributed by atoms with Gasteiger partial charge in [0.05, 0.1) is 11.9 Å². The molecule has 0 unspecified atom stereocenters. The van der Waals surface area contributed by atoms with E-state index >= 15 is 0 Å². The highest BCUT2D eigenvalue weighted by Gasteiger charge is 2.26. The zero-order valence-electron chi connectivity index (χ0n) is 13.1. The van der Waals surface area contributed by atoms with Gasteiger partial charge < -0.3 is 5.32 Å². The van der Waals surface area contributed by atoms with Crippen LogP contribution in [0.15, 0.2) is 47.7 Å². The molecule has 2 aromatic heterocycles. The van der Waals surface area contributed by atoms with Crippen LogP contribution in [-0.4, -0.2) is 49.3 Å². The Kier molecular flexibility index (Phi) is 3.53. The highest BCUT2D eigenvalue weighted by atomic mass is 16.2. The van der Waals surface area contributed by atoms with Gasteiger partial charge in [-0.1, -0.05) is 18.2 Å². The number of aromatic nitrogens is 4. The maximum absolute atomic E-state index is 12.6. The maximum Gasteiger partial charge on any atom is 0.324 e. The molecule has 3 heterocycles. The Balaban J connectivity index is 1.69. The van der Waals surface area contributed by atoms with Crippen molar-refractivity contribution < 1.29 is 9.59 Å². The average molecular weight is 338 g/mol. The van der Waals surface area contributed by atoms with Gasteiger partial charge in [0.25, 0.3) is 11.5 Å². The maximum atomic E-state index is 12.6. The number of para-hydroxylation sites is 1. The smallest absolute Gasteiger partial charge is 0.324 e. The van der Waals surface area contributed by atoms with Crippen LogP contribution in [0.2, 0.25) is 0 Å². The summed E-state index contributed by atoms with van der Waals surface area (Å²) in [6.07, 6.45) is 2.73.